The molecule has 9 heteroatoms. The van der Waals surface area contributed by atoms with Crippen molar-refractivity contribution in [3.63, 3.8) is 0 Å². The number of alkyl halides is 3. The van der Waals surface area contributed by atoms with E-state index < -0.39 is 28.7 Å². The van der Waals surface area contributed by atoms with Crippen molar-refractivity contribution in [2.24, 2.45) is 0 Å². The molecule has 0 aliphatic carbocycles. The maximum Gasteiger partial charge on any atom is 0.433 e. The highest BCUT2D eigenvalue weighted by atomic mass is 19.4. The van der Waals surface area contributed by atoms with Gasteiger partial charge in [-0.05, 0) is 23.3 Å². The van der Waals surface area contributed by atoms with Crippen molar-refractivity contribution < 1.29 is 28.0 Å². The summed E-state index contributed by atoms with van der Waals surface area (Å²) >= 11 is 0. The Morgan fingerprint density at radius 1 is 1.17 bits per heavy atom. The average molecular weight is 326 g/mol. The number of rotatable bonds is 4. The second kappa shape index (κ2) is 6.03. The summed E-state index contributed by atoms with van der Waals surface area (Å²) in [5.74, 6) is -2.77. The largest absolute Gasteiger partial charge is 0.481 e. The number of benzene rings is 1. The zero-order valence-electron chi connectivity index (χ0n) is 11.3. The molecule has 1 N–H and O–H groups in total. The smallest absolute Gasteiger partial charge is 0.433 e. The van der Waals surface area contributed by atoms with Crippen LogP contribution in [-0.4, -0.2) is 21.0 Å². The first-order valence-electron chi connectivity index (χ1n) is 6.20. The predicted molar refractivity (Wildman–Crippen MR) is 71.8 cm³/mol. The monoisotopic (exact) mass is 326 g/mol. The van der Waals surface area contributed by atoms with Crippen LogP contribution < -0.4 is 0 Å². The second-order valence-corrected chi connectivity index (χ2v) is 4.59. The highest BCUT2D eigenvalue weighted by Crippen LogP contribution is 2.32. The zero-order chi connectivity index (χ0) is 17.2. The first-order valence-corrected chi connectivity index (χ1v) is 6.20. The van der Waals surface area contributed by atoms with Gasteiger partial charge in [0, 0.05) is 18.3 Å². The third-order valence-electron chi connectivity index (χ3n) is 3.09. The van der Waals surface area contributed by atoms with E-state index in [0.717, 1.165) is 24.4 Å². The van der Waals surface area contributed by atoms with Gasteiger partial charge >= 0.3 is 12.1 Å². The van der Waals surface area contributed by atoms with Crippen molar-refractivity contribution in [1.82, 2.24) is 4.98 Å². The Balaban J connectivity index is 2.47. The van der Waals surface area contributed by atoms with Crippen LogP contribution in [0.3, 0.4) is 0 Å². The molecule has 0 aliphatic heterocycles. The molecule has 0 fully saturated rings. The molecule has 0 aliphatic rings. The SMILES string of the molecule is O=C(O)C(c1ccc([N+](=O)[O-])cc1)c1ccnc(C(F)(F)F)c1. The van der Waals surface area contributed by atoms with Crippen LogP contribution in [0.1, 0.15) is 22.7 Å². The number of non-ortho nitro benzene ring substituents is 1. The van der Waals surface area contributed by atoms with Crippen LogP contribution in [0.2, 0.25) is 0 Å². The molecule has 1 aromatic carbocycles. The normalized spacial score (nSPS) is 12.7. The summed E-state index contributed by atoms with van der Waals surface area (Å²) in [5.41, 5.74) is -1.44. The number of carboxylic acids is 1. The summed E-state index contributed by atoms with van der Waals surface area (Å²) in [4.78, 5) is 24.6. The third-order valence-corrected chi connectivity index (χ3v) is 3.09. The van der Waals surface area contributed by atoms with E-state index in [2.05, 4.69) is 4.98 Å². The summed E-state index contributed by atoms with van der Waals surface area (Å²) in [6.45, 7) is 0. The van der Waals surface area contributed by atoms with Crippen molar-refractivity contribution in [2.45, 2.75) is 12.1 Å². The van der Waals surface area contributed by atoms with Crippen LogP contribution in [-0.2, 0) is 11.0 Å². The van der Waals surface area contributed by atoms with Crippen molar-refractivity contribution >= 4 is 11.7 Å². The van der Waals surface area contributed by atoms with Crippen LogP contribution >= 0.6 is 0 Å². The molecule has 23 heavy (non-hydrogen) atoms. The highest BCUT2D eigenvalue weighted by molar-refractivity contribution is 5.80. The number of carboxylic acid groups (broad SMARTS) is 1. The molecule has 1 unspecified atom stereocenters. The molecule has 0 bridgehead atoms. The van der Waals surface area contributed by atoms with Crippen LogP contribution in [0.15, 0.2) is 42.6 Å². The Hall–Kier alpha value is -2.97. The maximum absolute atomic E-state index is 12.7. The van der Waals surface area contributed by atoms with Crippen LogP contribution in [0.25, 0.3) is 0 Å². The number of hydrogen-bond donors (Lipinski definition) is 1. The number of nitro groups is 1. The topological polar surface area (TPSA) is 93.3 Å². The van der Waals surface area contributed by atoms with Crippen molar-refractivity contribution in [3.8, 4) is 0 Å². The maximum atomic E-state index is 12.7. The summed E-state index contributed by atoms with van der Waals surface area (Å²) in [7, 11) is 0. The van der Waals surface area contributed by atoms with Gasteiger partial charge in [0.05, 0.1) is 4.92 Å². The van der Waals surface area contributed by atoms with Gasteiger partial charge in [-0.15, -0.1) is 0 Å². The Morgan fingerprint density at radius 3 is 2.26 bits per heavy atom. The summed E-state index contributed by atoms with van der Waals surface area (Å²) in [6, 6.07) is 6.40. The number of carbonyl (C=O) groups is 1. The number of aromatic nitrogens is 1. The molecule has 6 nitrogen and oxygen atoms in total. The summed E-state index contributed by atoms with van der Waals surface area (Å²) in [5, 5.41) is 19.9. The molecule has 0 saturated carbocycles. The first kappa shape index (κ1) is 16.4. The Kier molecular flexibility index (Phi) is 4.30. The van der Waals surface area contributed by atoms with E-state index >= 15 is 0 Å². The molecule has 1 aromatic heterocycles. The molecule has 120 valence electrons. The van der Waals surface area contributed by atoms with Gasteiger partial charge in [-0.1, -0.05) is 12.1 Å². The van der Waals surface area contributed by atoms with Crippen LogP contribution in [0.5, 0.6) is 0 Å². The fraction of sp³-hybridized carbons (Fsp3) is 0.143. The molecular formula is C14H9F3N2O4. The van der Waals surface area contributed by atoms with Gasteiger partial charge in [-0.25, -0.2) is 0 Å². The van der Waals surface area contributed by atoms with E-state index in [0.29, 0.717) is 6.07 Å². The number of aliphatic carboxylic acids is 1. The molecule has 0 spiro atoms. The second-order valence-electron chi connectivity index (χ2n) is 4.59. The number of pyridine rings is 1. The van der Waals surface area contributed by atoms with E-state index in [1.807, 2.05) is 0 Å². The van der Waals surface area contributed by atoms with E-state index in [1.165, 1.54) is 12.1 Å². The lowest BCUT2D eigenvalue weighted by atomic mass is 9.91. The molecule has 1 atom stereocenters. The van der Waals surface area contributed by atoms with Gasteiger partial charge in [0.15, 0.2) is 0 Å². The van der Waals surface area contributed by atoms with Gasteiger partial charge in [0.25, 0.3) is 5.69 Å². The molecule has 2 rings (SSSR count). The van der Waals surface area contributed by atoms with Gasteiger partial charge in [-0.2, -0.15) is 13.2 Å². The number of hydrogen-bond acceptors (Lipinski definition) is 4. The van der Waals surface area contributed by atoms with Gasteiger partial charge in [-0.3, -0.25) is 19.9 Å². The lowest BCUT2D eigenvalue weighted by molar-refractivity contribution is -0.384. The van der Waals surface area contributed by atoms with Crippen molar-refractivity contribution in [2.75, 3.05) is 0 Å². The van der Waals surface area contributed by atoms with E-state index in [9.17, 15) is 33.2 Å². The minimum atomic E-state index is -4.70. The van der Waals surface area contributed by atoms with Crippen molar-refractivity contribution in [3.05, 3.63) is 69.5 Å². The summed E-state index contributed by atoms with van der Waals surface area (Å²) in [6.07, 6.45) is -3.83. The van der Waals surface area contributed by atoms with Gasteiger partial charge in [0.1, 0.15) is 11.6 Å². The third kappa shape index (κ3) is 3.62. The highest BCUT2D eigenvalue weighted by Gasteiger charge is 2.34. The Morgan fingerprint density at radius 2 is 1.78 bits per heavy atom. The summed E-state index contributed by atoms with van der Waals surface area (Å²) < 4.78 is 38.1. The van der Waals surface area contributed by atoms with Crippen molar-refractivity contribution in [1.29, 1.82) is 0 Å². The van der Waals surface area contributed by atoms with Gasteiger partial charge in [0.2, 0.25) is 0 Å². The van der Waals surface area contributed by atoms with Crippen LogP contribution in [0.4, 0.5) is 18.9 Å². The Bertz CT molecular complexity index is 744. The fourth-order valence-corrected chi connectivity index (χ4v) is 2.05. The van der Waals surface area contributed by atoms with Gasteiger partial charge < -0.3 is 5.11 Å². The van der Waals surface area contributed by atoms with E-state index in [-0.39, 0.29) is 16.8 Å². The lowest BCUT2D eigenvalue weighted by Crippen LogP contribution is -2.15. The molecule has 0 radical (unpaired) electrons. The molecular weight excluding hydrogens is 317 g/mol. The zero-order valence-corrected chi connectivity index (χ0v) is 11.3. The van der Waals surface area contributed by atoms with E-state index in [1.54, 1.807) is 0 Å². The number of nitrogens with zero attached hydrogens (tertiary/aromatic N) is 2. The fourth-order valence-electron chi connectivity index (χ4n) is 2.05. The minimum absolute atomic E-state index is 0.117. The number of halogens is 3. The quantitative estimate of drug-likeness (QED) is 0.688. The predicted octanol–water partition coefficient (Wildman–Crippen LogP) is 3.23. The van der Waals surface area contributed by atoms with Crippen LogP contribution in [0, 0.1) is 10.1 Å². The number of nitro benzene ring substituents is 1. The minimum Gasteiger partial charge on any atom is -0.481 e. The lowest BCUT2D eigenvalue weighted by Gasteiger charge is -2.14. The average Bonchev–Trinajstić information content (AvgIpc) is 2.47. The van der Waals surface area contributed by atoms with E-state index in [4.69, 9.17) is 0 Å². The first-order chi connectivity index (χ1) is 10.7. The molecule has 0 saturated heterocycles. The molecule has 2 aromatic rings. The Labute approximate surface area is 127 Å². The molecule has 1 heterocycles. The molecule has 0 amide bonds. The standard InChI is InChI=1S/C14H9F3N2O4/c15-14(16,17)11-7-9(5-6-18-11)12(13(20)21)8-1-3-10(4-2-8)19(22)23/h1-7,12H,(H,20,21).